The molecule has 3 N–H and O–H groups in total. The molecular weight excluding hydrogens is 402 g/mol. The van der Waals surface area contributed by atoms with Gasteiger partial charge in [0.25, 0.3) is 11.2 Å². The molecule has 10 nitrogen and oxygen atoms in total. The maximum absolute atomic E-state index is 12.4. The maximum Gasteiger partial charge on any atom is 0.331 e. The fourth-order valence-corrected chi connectivity index (χ4v) is 3.56. The van der Waals surface area contributed by atoms with Crippen LogP contribution in [0.3, 0.4) is 0 Å². The lowest BCUT2D eigenvalue weighted by molar-refractivity contribution is -0.384. The topological polar surface area (TPSA) is 143 Å². The number of benzene rings is 2. The van der Waals surface area contributed by atoms with Gasteiger partial charge in [-0.2, -0.15) is 5.10 Å². The van der Waals surface area contributed by atoms with Gasteiger partial charge in [0.2, 0.25) is 5.88 Å². The number of nitrogens with zero attached hydrogens (tertiary/aromatic N) is 3. The second-order valence-corrected chi connectivity index (χ2v) is 7.14. The van der Waals surface area contributed by atoms with Gasteiger partial charge in [0.15, 0.2) is 0 Å². The zero-order chi connectivity index (χ0) is 22.0. The molecule has 31 heavy (non-hydrogen) atoms. The van der Waals surface area contributed by atoms with Gasteiger partial charge in [-0.25, -0.2) is 4.79 Å². The van der Waals surface area contributed by atoms with E-state index in [9.17, 15) is 24.8 Å². The highest BCUT2D eigenvalue weighted by atomic mass is 16.6. The summed E-state index contributed by atoms with van der Waals surface area (Å²) in [4.78, 5) is 37.5. The minimum absolute atomic E-state index is 0.0529. The summed E-state index contributed by atoms with van der Waals surface area (Å²) in [5.74, 6) is -0.454. The SMILES string of the molecule is O=c1[nH]c(=O)n(CCc2ccccc2)c(O)c1C1=NNC(c2cccc([N+](=O)[O-])c2)C1. The molecule has 158 valence electrons. The molecule has 1 aliphatic heterocycles. The smallest absolute Gasteiger partial charge is 0.331 e. The van der Waals surface area contributed by atoms with Gasteiger partial charge in [0, 0.05) is 25.1 Å². The minimum Gasteiger partial charge on any atom is -0.494 e. The van der Waals surface area contributed by atoms with Crippen LogP contribution < -0.4 is 16.7 Å². The number of rotatable bonds is 6. The Morgan fingerprint density at radius 1 is 1.16 bits per heavy atom. The fraction of sp³-hybridized carbons (Fsp3) is 0.190. The Morgan fingerprint density at radius 2 is 1.94 bits per heavy atom. The highest BCUT2D eigenvalue weighted by molar-refractivity contribution is 6.03. The Morgan fingerprint density at radius 3 is 2.68 bits per heavy atom. The van der Waals surface area contributed by atoms with Gasteiger partial charge < -0.3 is 10.5 Å². The van der Waals surface area contributed by atoms with E-state index in [1.54, 1.807) is 12.1 Å². The van der Waals surface area contributed by atoms with E-state index in [4.69, 9.17) is 0 Å². The number of nitro groups is 1. The lowest BCUT2D eigenvalue weighted by Gasteiger charge is -2.12. The van der Waals surface area contributed by atoms with Crippen molar-refractivity contribution in [2.24, 2.45) is 5.10 Å². The van der Waals surface area contributed by atoms with Crippen molar-refractivity contribution in [3.05, 3.63) is 102 Å². The van der Waals surface area contributed by atoms with Crippen LogP contribution in [0.4, 0.5) is 5.69 Å². The Labute approximate surface area is 175 Å². The summed E-state index contributed by atoms with van der Waals surface area (Å²) >= 11 is 0. The number of H-pyrrole nitrogens is 1. The molecule has 10 heteroatoms. The number of hydrazone groups is 1. The fourth-order valence-electron chi connectivity index (χ4n) is 3.56. The molecule has 0 fully saturated rings. The summed E-state index contributed by atoms with van der Waals surface area (Å²) in [7, 11) is 0. The third-order valence-electron chi connectivity index (χ3n) is 5.16. The van der Waals surface area contributed by atoms with Crippen molar-refractivity contribution in [3.63, 3.8) is 0 Å². The first-order chi connectivity index (χ1) is 14.9. The average Bonchev–Trinajstić information content (AvgIpc) is 3.24. The first kappa shape index (κ1) is 20.1. The summed E-state index contributed by atoms with van der Waals surface area (Å²) < 4.78 is 1.10. The zero-order valence-corrected chi connectivity index (χ0v) is 16.3. The number of hydrogen-bond donors (Lipinski definition) is 3. The number of hydrogen-bond acceptors (Lipinski definition) is 7. The molecule has 1 aliphatic rings. The van der Waals surface area contributed by atoms with Gasteiger partial charge in [-0.15, -0.1) is 0 Å². The molecule has 4 rings (SSSR count). The Hall–Kier alpha value is -4.21. The van der Waals surface area contributed by atoms with Crippen molar-refractivity contribution in [3.8, 4) is 5.88 Å². The second-order valence-electron chi connectivity index (χ2n) is 7.14. The lowest BCUT2D eigenvalue weighted by atomic mass is 9.99. The van der Waals surface area contributed by atoms with E-state index in [1.165, 1.54) is 12.1 Å². The summed E-state index contributed by atoms with van der Waals surface area (Å²) in [6, 6.07) is 15.2. The summed E-state index contributed by atoms with van der Waals surface area (Å²) in [6.45, 7) is 0.174. The number of nitrogens with one attached hydrogen (secondary N) is 2. The molecule has 1 aromatic heterocycles. The van der Waals surface area contributed by atoms with Crippen molar-refractivity contribution in [2.45, 2.75) is 25.4 Å². The third-order valence-corrected chi connectivity index (χ3v) is 5.16. The van der Waals surface area contributed by atoms with Crippen LogP contribution in [0.1, 0.15) is 29.2 Å². The van der Waals surface area contributed by atoms with Crippen molar-refractivity contribution in [1.82, 2.24) is 15.0 Å². The van der Waals surface area contributed by atoms with Crippen LogP contribution in [0.2, 0.25) is 0 Å². The van der Waals surface area contributed by atoms with E-state index >= 15 is 0 Å². The van der Waals surface area contributed by atoms with Crippen LogP contribution in [0.5, 0.6) is 5.88 Å². The van der Waals surface area contributed by atoms with Crippen molar-refractivity contribution < 1.29 is 10.0 Å². The summed E-state index contributed by atoms with van der Waals surface area (Å²) in [6.07, 6.45) is 0.704. The van der Waals surface area contributed by atoms with Crippen LogP contribution in [-0.4, -0.2) is 25.3 Å². The normalized spacial score (nSPS) is 15.4. The Bertz CT molecular complexity index is 1280. The van der Waals surface area contributed by atoms with Crippen LogP contribution in [0.15, 0.2) is 69.3 Å². The van der Waals surface area contributed by atoms with E-state index < -0.39 is 28.1 Å². The molecule has 2 aromatic carbocycles. The number of nitro benzene ring substituents is 1. The lowest BCUT2D eigenvalue weighted by Crippen LogP contribution is -2.34. The van der Waals surface area contributed by atoms with Crippen LogP contribution in [0.25, 0.3) is 0 Å². The van der Waals surface area contributed by atoms with Crippen LogP contribution in [-0.2, 0) is 13.0 Å². The maximum atomic E-state index is 12.4. The monoisotopic (exact) mass is 421 g/mol. The molecule has 0 amide bonds. The molecule has 0 aliphatic carbocycles. The number of aromatic amines is 1. The van der Waals surface area contributed by atoms with Crippen LogP contribution >= 0.6 is 0 Å². The molecule has 0 saturated carbocycles. The average molecular weight is 421 g/mol. The third kappa shape index (κ3) is 4.08. The second kappa shape index (κ2) is 8.27. The Kier molecular flexibility index (Phi) is 5.35. The van der Waals surface area contributed by atoms with Gasteiger partial charge in [-0.05, 0) is 17.5 Å². The molecule has 0 radical (unpaired) electrons. The van der Waals surface area contributed by atoms with E-state index in [2.05, 4.69) is 15.5 Å². The first-order valence-corrected chi connectivity index (χ1v) is 9.61. The summed E-state index contributed by atoms with van der Waals surface area (Å²) in [5.41, 5.74) is 3.14. The highest BCUT2D eigenvalue weighted by Crippen LogP contribution is 2.28. The predicted octanol–water partition coefficient (Wildman–Crippen LogP) is 1.83. The van der Waals surface area contributed by atoms with Gasteiger partial charge in [-0.3, -0.25) is 24.5 Å². The van der Waals surface area contributed by atoms with Gasteiger partial charge in [0.05, 0.1) is 16.7 Å². The van der Waals surface area contributed by atoms with Gasteiger partial charge in [0.1, 0.15) is 5.56 Å². The summed E-state index contributed by atoms with van der Waals surface area (Å²) in [5, 5.41) is 25.9. The molecule has 0 saturated heterocycles. The number of aromatic hydroxyl groups is 1. The highest BCUT2D eigenvalue weighted by Gasteiger charge is 2.28. The molecule has 0 spiro atoms. The van der Waals surface area contributed by atoms with E-state index in [0.717, 1.165) is 10.1 Å². The largest absolute Gasteiger partial charge is 0.494 e. The first-order valence-electron chi connectivity index (χ1n) is 9.61. The predicted molar refractivity (Wildman–Crippen MR) is 113 cm³/mol. The molecule has 1 atom stereocenters. The standard InChI is InChI=1S/C21H19N5O5/c27-19-18(17-12-16(23-24-17)14-7-4-8-15(11-14)26(30)31)20(28)25(21(29)22-19)10-9-13-5-2-1-3-6-13/h1-8,11,16,23,28H,9-10,12H2,(H,22,27,29). The van der Waals surface area contributed by atoms with E-state index in [-0.39, 0.29) is 29.9 Å². The number of non-ortho nitro benzene ring substituents is 1. The van der Waals surface area contributed by atoms with Crippen molar-refractivity contribution in [2.75, 3.05) is 0 Å². The molecule has 1 unspecified atom stereocenters. The number of aryl methyl sites for hydroxylation is 1. The molecule has 0 bridgehead atoms. The Balaban J connectivity index is 1.60. The number of aromatic nitrogens is 2. The molecule has 3 aromatic rings. The van der Waals surface area contributed by atoms with Crippen molar-refractivity contribution in [1.29, 1.82) is 0 Å². The van der Waals surface area contributed by atoms with Crippen LogP contribution in [0, 0.1) is 10.1 Å². The quantitative estimate of drug-likeness (QED) is 0.409. The van der Waals surface area contributed by atoms with E-state index in [1.807, 2.05) is 30.3 Å². The molecule has 2 heterocycles. The van der Waals surface area contributed by atoms with Crippen molar-refractivity contribution >= 4 is 11.4 Å². The zero-order valence-electron chi connectivity index (χ0n) is 16.3. The van der Waals surface area contributed by atoms with E-state index in [0.29, 0.717) is 12.0 Å². The van der Waals surface area contributed by atoms with Gasteiger partial charge >= 0.3 is 5.69 Å². The minimum atomic E-state index is -0.737. The van der Waals surface area contributed by atoms with Gasteiger partial charge in [-0.1, -0.05) is 42.5 Å². The molecular formula is C21H19N5O5.